The Balaban J connectivity index is 2.28. The molecule has 4 N–H and O–H groups in total. The Kier molecular flexibility index (Phi) is 7.99. The molecule has 6 heteroatoms. The van der Waals surface area contributed by atoms with Gasteiger partial charge < -0.3 is 21.1 Å². The highest BCUT2D eigenvalue weighted by molar-refractivity contribution is 5.91. The van der Waals surface area contributed by atoms with E-state index in [1.165, 1.54) is 0 Å². The topological polar surface area (TPSA) is 93.5 Å². The molecule has 0 atom stereocenters. The highest BCUT2D eigenvalue weighted by Gasteiger charge is 2.06. The number of benzene rings is 1. The van der Waals surface area contributed by atoms with Crippen LogP contribution in [0, 0.1) is 0 Å². The minimum Gasteiger partial charge on any atom is -0.492 e. The van der Waals surface area contributed by atoms with E-state index in [9.17, 15) is 9.59 Å². The van der Waals surface area contributed by atoms with E-state index in [0.29, 0.717) is 43.9 Å². The highest BCUT2D eigenvalue weighted by atomic mass is 16.5. The second kappa shape index (κ2) is 9.78. The second-order valence-corrected chi connectivity index (χ2v) is 5.29. The fourth-order valence-electron chi connectivity index (χ4n) is 1.84. The molecule has 0 aromatic heterocycles. The number of anilines is 1. The molecule has 0 saturated carbocycles. The van der Waals surface area contributed by atoms with Gasteiger partial charge in [-0.1, -0.05) is 0 Å². The third-order valence-electron chi connectivity index (χ3n) is 2.78. The molecular weight excluding hydrogens is 282 g/mol. The lowest BCUT2D eigenvalue weighted by molar-refractivity contribution is -0.121. The molecule has 122 valence electrons. The molecule has 2 amide bonds. The van der Waals surface area contributed by atoms with E-state index in [1.807, 2.05) is 13.8 Å². The fraction of sp³-hybridized carbons (Fsp3) is 0.500. The Morgan fingerprint density at radius 3 is 2.36 bits per heavy atom. The molecule has 0 bridgehead atoms. The Bertz CT molecular complexity index is 472. The van der Waals surface area contributed by atoms with Crippen LogP contribution in [0.1, 0.15) is 33.1 Å². The summed E-state index contributed by atoms with van der Waals surface area (Å²) in [6.45, 7) is 4.74. The van der Waals surface area contributed by atoms with Gasteiger partial charge in [-0.2, -0.15) is 0 Å². The van der Waals surface area contributed by atoms with Gasteiger partial charge in [-0.25, -0.2) is 0 Å². The lowest BCUT2D eigenvalue weighted by Crippen LogP contribution is -2.29. The van der Waals surface area contributed by atoms with Crippen LogP contribution in [0.25, 0.3) is 0 Å². The first-order valence-electron chi connectivity index (χ1n) is 7.53. The second-order valence-electron chi connectivity index (χ2n) is 5.29. The van der Waals surface area contributed by atoms with Gasteiger partial charge in [-0.05, 0) is 44.5 Å². The summed E-state index contributed by atoms with van der Waals surface area (Å²) in [6.07, 6.45) is 1.20. The molecule has 1 aromatic carbocycles. The Labute approximate surface area is 131 Å². The molecule has 0 aliphatic heterocycles. The van der Waals surface area contributed by atoms with Crippen molar-refractivity contribution in [3.63, 3.8) is 0 Å². The van der Waals surface area contributed by atoms with E-state index < -0.39 is 0 Å². The number of hydrogen-bond donors (Lipinski definition) is 3. The van der Waals surface area contributed by atoms with Gasteiger partial charge in [0.2, 0.25) is 11.8 Å². The average molecular weight is 307 g/mol. The summed E-state index contributed by atoms with van der Waals surface area (Å²) >= 11 is 0. The van der Waals surface area contributed by atoms with E-state index in [2.05, 4.69) is 10.6 Å². The zero-order valence-corrected chi connectivity index (χ0v) is 13.2. The van der Waals surface area contributed by atoms with Crippen molar-refractivity contribution >= 4 is 17.5 Å². The molecule has 1 rings (SSSR count). The minimum absolute atomic E-state index is 0.0239. The Morgan fingerprint density at radius 1 is 1.14 bits per heavy atom. The third kappa shape index (κ3) is 7.64. The molecule has 0 aliphatic carbocycles. The summed E-state index contributed by atoms with van der Waals surface area (Å²) in [5.74, 6) is 0.589. The predicted molar refractivity (Wildman–Crippen MR) is 86.8 cm³/mol. The SMILES string of the molecule is CC(C)NC(=O)CCCC(=O)Nc1ccc(OCCN)cc1. The number of nitrogens with two attached hydrogens (primary N) is 1. The number of ether oxygens (including phenoxy) is 1. The van der Waals surface area contributed by atoms with Crippen molar-refractivity contribution in [2.75, 3.05) is 18.5 Å². The number of rotatable bonds is 9. The van der Waals surface area contributed by atoms with Crippen molar-refractivity contribution in [3.8, 4) is 5.75 Å². The Hall–Kier alpha value is -2.08. The molecular formula is C16H25N3O3. The van der Waals surface area contributed by atoms with E-state index in [-0.39, 0.29) is 17.9 Å². The molecule has 0 spiro atoms. The monoisotopic (exact) mass is 307 g/mol. The van der Waals surface area contributed by atoms with Crippen molar-refractivity contribution in [2.45, 2.75) is 39.2 Å². The van der Waals surface area contributed by atoms with Crippen molar-refractivity contribution < 1.29 is 14.3 Å². The van der Waals surface area contributed by atoms with Crippen LogP contribution in [-0.2, 0) is 9.59 Å². The third-order valence-corrected chi connectivity index (χ3v) is 2.78. The van der Waals surface area contributed by atoms with Crippen molar-refractivity contribution in [1.82, 2.24) is 5.32 Å². The maximum Gasteiger partial charge on any atom is 0.224 e. The quantitative estimate of drug-likeness (QED) is 0.647. The number of hydrogen-bond acceptors (Lipinski definition) is 4. The summed E-state index contributed by atoms with van der Waals surface area (Å²) in [6, 6.07) is 7.23. The standard InChI is InChI=1S/C16H25N3O3/c1-12(2)18-15(20)4-3-5-16(21)19-13-6-8-14(9-7-13)22-11-10-17/h6-9,12H,3-5,10-11,17H2,1-2H3,(H,18,20)(H,19,21). The first kappa shape index (κ1) is 18.0. The Morgan fingerprint density at radius 2 is 1.77 bits per heavy atom. The van der Waals surface area contributed by atoms with Crippen molar-refractivity contribution in [3.05, 3.63) is 24.3 Å². The summed E-state index contributed by atoms with van der Waals surface area (Å²) in [5.41, 5.74) is 6.06. The largest absolute Gasteiger partial charge is 0.492 e. The fourth-order valence-corrected chi connectivity index (χ4v) is 1.84. The zero-order valence-electron chi connectivity index (χ0n) is 13.2. The van der Waals surface area contributed by atoms with Crippen LogP contribution in [0.15, 0.2) is 24.3 Å². The smallest absolute Gasteiger partial charge is 0.224 e. The van der Waals surface area contributed by atoms with Gasteiger partial charge in [0.15, 0.2) is 0 Å². The van der Waals surface area contributed by atoms with E-state index in [0.717, 1.165) is 0 Å². The maximum absolute atomic E-state index is 11.8. The molecule has 0 heterocycles. The first-order chi connectivity index (χ1) is 10.5. The number of carbonyl (C=O) groups is 2. The van der Waals surface area contributed by atoms with Crippen LogP contribution < -0.4 is 21.1 Å². The lowest BCUT2D eigenvalue weighted by atomic mass is 10.2. The van der Waals surface area contributed by atoms with Gasteiger partial charge in [-0.3, -0.25) is 9.59 Å². The minimum atomic E-state index is -0.104. The van der Waals surface area contributed by atoms with Gasteiger partial charge in [0.1, 0.15) is 12.4 Å². The van der Waals surface area contributed by atoms with Crippen LogP contribution in [0.3, 0.4) is 0 Å². The molecule has 0 fully saturated rings. The van der Waals surface area contributed by atoms with Crippen LogP contribution in [0.4, 0.5) is 5.69 Å². The zero-order chi connectivity index (χ0) is 16.4. The molecule has 22 heavy (non-hydrogen) atoms. The molecule has 0 unspecified atom stereocenters. The lowest BCUT2D eigenvalue weighted by Gasteiger charge is -2.09. The van der Waals surface area contributed by atoms with E-state index >= 15 is 0 Å². The molecule has 0 radical (unpaired) electrons. The molecule has 1 aromatic rings. The first-order valence-corrected chi connectivity index (χ1v) is 7.53. The van der Waals surface area contributed by atoms with Crippen molar-refractivity contribution in [2.24, 2.45) is 5.73 Å². The van der Waals surface area contributed by atoms with Gasteiger partial charge in [0.25, 0.3) is 0 Å². The van der Waals surface area contributed by atoms with E-state index in [4.69, 9.17) is 10.5 Å². The van der Waals surface area contributed by atoms with Crippen LogP contribution in [-0.4, -0.2) is 31.0 Å². The maximum atomic E-state index is 11.8. The van der Waals surface area contributed by atoms with Crippen LogP contribution in [0.5, 0.6) is 5.75 Å². The molecule has 6 nitrogen and oxygen atoms in total. The average Bonchev–Trinajstić information content (AvgIpc) is 2.45. The summed E-state index contributed by atoms with van der Waals surface area (Å²) in [5, 5.41) is 5.58. The van der Waals surface area contributed by atoms with Crippen LogP contribution >= 0.6 is 0 Å². The highest BCUT2D eigenvalue weighted by Crippen LogP contribution is 2.15. The summed E-state index contributed by atoms with van der Waals surface area (Å²) < 4.78 is 5.36. The van der Waals surface area contributed by atoms with Crippen LogP contribution in [0.2, 0.25) is 0 Å². The number of nitrogens with one attached hydrogen (secondary N) is 2. The van der Waals surface area contributed by atoms with Gasteiger partial charge in [0, 0.05) is 31.1 Å². The summed E-state index contributed by atoms with van der Waals surface area (Å²) in [4.78, 5) is 23.2. The number of amides is 2. The molecule has 0 aliphatic rings. The van der Waals surface area contributed by atoms with Gasteiger partial charge in [-0.15, -0.1) is 0 Å². The van der Waals surface area contributed by atoms with Gasteiger partial charge in [0.05, 0.1) is 0 Å². The van der Waals surface area contributed by atoms with Gasteiger partial charge >= 0.3 is 0 Å². The van der Waals surface area contributed by atoms with E-state index in [1.54, 1.807) is 24.3 Å². The molecule has 0 saturated heterocycles. The van der Waals surface area contributed by atoms with Crippen molar-refractivity contribution in [1.29, 1.82) is 0 Å². The normalized spacial score (nSPS) is 10.4. The predicted octanol–water partition coefficient (Wildman–Crippen LogP) is 1.66. The number of carbonyl (C=O) groups excluding carboxylic acids is 2. The summed E-state index contributed by atoms with van der Waals surface area (Å²) in [7, 11) is 0.